The van der Waals surface area contributed by atoms with Crippen LogP contribution in [0.15, 0.2) is 11.6 Å². The normalized spacial score (nSPS) is 25.9. The number of carboxylic acid groups (broad SMARTS) is 1. The van der Waals surface area contributed by atoms with Crippen LogP contribution in [-0.4, -0.2) is 54.4 Å². The summed E-state index contributed by atoms with van der Waals surface area (Å²) in [5.41, 5.74) is 1.04. The summed E-state index contributed by atoms with van der Waals surface area (Å²) in [6, 6.07) is -1.24. The highest BCUT2D eigenvalue weighted by atomic mass is 32.2. The summed E-state index contributed by atoms with van der Waals surface area (Å²) < 4.78 is 23.0. The summed E-state index contributed by atoms with van der Waals surface area (Å²) in [5, 5.41) is 9.12. The Labute approximate surface area is 118 Å². The summed E-state index contributed by atoms with van der Waals surface area (Å²) in [6.45, 7) is -0.0224. The highest BCUT2D eigenvalue weighted by molar-refractivity contribution is 7.91. The van der Waals surface area contributed by atoms with E-state index in [9.17, 15) is 18.0 Å². The average Bonchev–Trinajstić information content (AvgIpc) is 2.38. The van der Waals surface area contributed by atoms with E-state index in [0.29, 0.717) is 0 Å². The van der Waals surface area contributed by atoms with Gasteiger partial charge >= 0.3 is 5.97 Å². The Morgan fingerprint density at radius 1 is 1.35 bits per heavy atom. The molecule has 0 aromatic carbocycles. The number of hydrogen-bond acceptors (Lipinski definition) is 4. The smallest absolute Gasteiger partial charge is 0.327 e. The maximum atomic E-state index is 12.2. The molecule has 2 rings (SSSR count). The van der Waals surface area contributed by atoms with Gasteiger partial charge in [0.05, 0.1) is 11.5 Å². The van der Waals surface area contributed by atoms with Crippen molar-refractivity contribution < 1.29 is 23.1 Å². The van der Waals surface area contributed by atoms with Crippen molar-refractivity contribution >= 4 is 21.7 Å². The van der Waals surface area contributed by atoms with Crippen molar-refractivity contribution in [1.82, 2.24) is 4.90 Å². The van der Waals surface area contributed by atoms with E-state index >= 15 is 0 Å². The number of carbonyl (C=O) groups excluding carboxylic acids is 1. The maximum absolute atomic E-state index is 12.2. The van der Waals surface area contributed by atoms with Gasteiger partial charge < -0.3 is 10.0 Å². The Morgan fingerprint density at radius 3 is 2.70 bits per heavy atom. The van der Waals surface area contributed by atoms with Crippen molar-refractivity contribution in [3.63, 3.8) is 0 Å². The van der Waals surface area contributed by atoms with Gasteiger partial charge in [-0.2, -0.15) is 0 Å². The second-order valence-electron chi connectivity index (χ2n) is 5.34. The number of sulfone groups is 1. The molecule has 0 aromatic heterocycles. The fourth-order valence-corrected chi connectivity index (χ4v) is 4.12. The van der Waals surface area contributed by atoms with Gasteiger partial charge in [-0.05, 0) is 25.7 Å². The zero-order valence-electron chi connectivity index (χ0n) is 11.2. The first kappa shape index (κ1) is 15.0. The molecule has 0 saturated carbocycles. The minimum atomic E-state index is -3.37. The van der Waals surface area contributed by atoms with Gasteiger partial charge in [0.2, 0.25) is 5.91 Å². The molecule has 0 spiro atoms. The van der Waals surface area contributed by atoms with Crippen molar-refractivity contribution in [2.75, 3.05) is 18.1 Å². The number of carboxylic acids is 1. The van der Waals surface area contributed by atoms with Crippen LogP contribution in [0.3, 0.4) is 0 Å². The Hall–Kier alpha value is -1.37. The van der Waals surface area contributed by atoms with Crippen LogP contribution in [0.25, 0.3) is 0 Å². The molecule has 1 fully saturated rings. The third-order valence-electron chi connectivity index (χ3n) is 3.80. The lowest BCUT2D eigenvalue weighted by molar-refractivity contribution is -0.149. The van der Waals surface area contributed by atoms with E-state index in [4.69, 9.17) is 5.11 Å². The SMILES string of the molecule is O=C(O)C1CS(=O)(=O)CCN1C(=O)CC1=CCCCC1. The third-order valence-corrected chi connectivity index (χ3v) is 5.43. The van der Waals surface area contributed by atoms with Gasteiger partial charge in [-0.1, -0.05) is 11.6 Å². The summed E-state index contributed by atoms with van der Waals surface area (Å²) in [6.07, 6.45) is 6.25. The molecule has 1 heterocycles. The first-order valence-electron chi connectivity index (χ1n) is 6.80. The van der Waals surface area contributed by atoms with Gasteiger partial charge in [-0.3, -0.25) is 4.79 Å². The third kappa shape index (κ3) is 3.59. The van der Waals surface area contributed by atoms with Crippen LogP contribution in [0, 0.1) is 0 Å². The van der Waals surface area contributed by atoms with Crippen LogP contribution in [-0.2, 0) is 19.4 Å². The van der Waals surface area contributed by atoms with Gasteiger partial charge in [0.1, 0.15) is 6.04 Å². The van der Waals surface area contributed by atoms with E-state index in [-0.39, 0.29) is 24.6 Å². The first-order chi connectivity index (χ1) is 9.39. The van der Waals surface area contributed by atoms with Crippen LogP contribution in [0.2, 0.25) is 0 Å². The van der Waals surface area contributed by atoms with E-state index in [0.717, 1.165) is 31.3 Å². The predicted octanol–water partition coefficient (Wildman–Crippen LogP) is 0.587. The number of amides is 1. The van der Waals surface area contributed by atoms with E-state index in [1.807, 2.05) is 6.08 Å². The van der Waals surface area contributed by atoms with Crippen molar-refractivity contribution in [3.8, 4) is 0 Å². The van der Waals surface area contributed by atoms with E-state index < -0.39 is 27.6 Å². The van der Waals surface area contributed by atoms with Gasteiger partial charge in [0.15, 0.2) is 9.84 Å². The summed E-state index contributed by atoms with van der Waals surface area (Å²) in [4.78, 5) is 24.6. The van der Waals surface area contributed by atoms with E-state index in [2.05, 4.69) is 0 Å². The number of hydrogen-bond donors (Lipinski definition) is 1. The number of carbonyl (C=O) groups is 2. The van der Waals surface area contributed by atoms with E-state index in [1.165, 1.54) is 4.90 Å². The molecule has 0 bridgehead atoms. The molecule has 2 aliphatic rings. The lowest BCUT2D eigenvalue weighted by atomic mass is 9.96. The average molecular weight is 301 g/mol. The van der Waals surface area contributed by atoms with Crippen LogP contribution >= 0.6 is 0 Å². The summed E-state index contributed by atoms with van der Waals surface area (Å²) in [5.74, 6) is -2.16. The summed E-state index contributed by atoms with van der Waals surface area (Å²) in [7, 11) is -3.37. The zero-order valence-corrected chi connectivity index (χ0v) is 12.1. The highest BCUT2D eigenvalue weighted by Gasteiger charge is 2.38. The van der Waals surface area contributed by atoms with Crippen LogP contribution < -0.4 is 0 Å². The lowest BCUT2D eigenvalue weighted by Gasteiger charge is -2.33. The summed E-state index contributed by atoms with van der Waals surface area (Å²) >= 11 is 0. The predicted molar refractivity (Wildman–Crippen MR) is 73.0 cm³/mol. The molecule has 0 aromatic rings. The van der Waals surface area contributed by atoms with Gasteiger partial charge in [0, 0.05) is 13.0 Å². The Bertz CT molecular complexity index is 537. The molecule has 1 amide bonds. The van der Waals surface area contributed by atoms with Gasteiger partial charge in [0.25, 0.3) is 0 Å². The van der Waals surface area contributed by atoms with Crippen molar-refractivity contribution in [1.29, 1.82) is 0 Å². The molecule has 1 unspecified atom stereocenters. The Kier molecular flexibility index (Phi) is 4.47. The van der Waals surface area contributed by atoms with Gasteiger partial charge in [-0.25, -0.2) is 13.2 Å². The highest BCUT2D eigenvalue weighted by Crippen LogP contribution is 2.22. The van der Waals surface area contributed by atoms with Crippen LogP contribution in [0.1, 0.15) is 32.1 Å². The Balaban J connectivity index is 2.07. The van der Waals surface area contributed by atoms with Crippen LogP contribution in [0.5, 0.6) is 0 Å². The molecule has 1 atom stereocenters. The lowest BCUT2D eigenvalue weighted by Crippen LogP contribution is -2.54. The molecule has 112 valence electrons. The molecule has 20 heavy (non-hydrogen) atoms. The zero-order chi connectivity index (χ0) is 14.8. The minimum Gasteiger partial charge on any atom is -0.480 e. The fourth-order valence-electron chi connectivity index (χ4n) is 2.67. The first-order valence-corrected chi connectivity index (χ1v) is 8.62. The Morgan fingerprint density at radius 2 is 2.10 bits per heavy atom. The van der Waals surface area contributed by atoms with Crippen LogP contribution in [0.4, 0.5) is 0 Å². The fraction of sp³-hybridized carbons (Fsp3) is 0.692. The molecular formula is C13H19NO5S. The maximum Gasteiger partial charge on any atom is 0.327 e. The molecule has 1 aliphatic carbocycles. The van der Waals surface area contributed by atoms with Crippen molar-refractivity contribution in [2.45, 2.75) is 38.1 Å². The topological polar surface area (TPSA) is 91.8 Å². The van der Waals surface area contributed by atoms with Crippen molar-refractivity contribution in [2.24, 2.45) is 0 Å². The second-order valence-corrected chi connectivity index (χ2v) is 7.57. The van der Waals surface area contributed by atoms with Gasteiger partial charge in [-0.15, -0.1) is 0 Å². The molecular weight excluding hydrogens is 282 g/mol. The molecule has 1 saturated heterocycles. The molecule has 1 N–H and O–H groups in total. The molecule has 1 aliphatic heterocycles. The molecule has 0 radical (unpaired) electrons. The number of rotatable bonds is 3. The second kappa shape index (κ2) is 5.95. The van der Waals surface area contributed by atoms with Crippen molar-refractivity contribution in [3.05, 3.63) is 11.6 Å². The quantitative estimate of drug-likeness (QED) is 0.770. The number of allylic oxidation sites excluding steroid dienone is 1. The minimum absolute atomic E-state index is 0.0224. The monoisotopic (exact) mass is 301 g/mol. The molecule has 7 heteroatoms. The largest absolute Gasteiger partial charge is 0.480 e. The standard InChI is InChI=1S/C13H19NO5S/c15-12(8-10-4-2-1-3-5-10)14-6-7-20(18,19)9-11(14)13(16)17/h4,11H,1-3,5-9H2,(H,16,17). The molecule has 6 nitrogen and oxygen atoms in total. The van der Waals surface area contributed by atoms with E-state index in [1.54, 1.807) is 0 Å². The number of aliphatic carboxylic acids is 1. The number of nitrogens with zero attached hydrogens (tertiary/aromatic N) is 1.